The third-order valence-electron chi connectivity index (χ3n) is 5.02. The molecule has 1 fully saturated rings. The minimum Gasteiger partial charge on any atom is -0.426 e. The Bertz CT molecular complexity index is 595. The molecule has 0 aliphatic heterocycles. The van der Waals surface area contributed by atoms with Crippen molar-refractivity contribution in [1.82, 2.24) is 21.3 Å². The fourth-order valence-corrected chi connectivity index (χ4v) is 3.34. The van der Waals surface area contributed by atoms with E-state index in [2.05, 4.69) is 21.3 Å². The second-order valence-corrected chi connectivity index (χ2v) is 7.94. The molecule has 0 heterocycles. The first-order valence-corrected chi connectivity index (χ1v) is 10.0. The summed E-state index contributed by atoms with van der Waals surface area (Å²) in [6.45, 7) is 5.92. The Kier molecular flexibility index (Phi) is 10.1. The second kappa shape index (κ2) is 11.8. The molecular weight excluding hydrogens is 379 g/mol. The van der Waals surface area contributed by atoms with E-state index in [4.69, 9.17) is 10.0 Å². The Labute approximate surface area is 171 Å². The summed E-state index contributed by atoms with van der Waals surface area (Å²) in [6.07, 6.45) is 3.67. The second-order valence-electron chi connectivity index (χ2n) is 7.94. The van der Waals surface area contributed by atoms with Crippen molar-refractivity contribution in [2.24, 2.45) is 11.8 Å². The molecule has 0 unspecified atom stereocenters. The van der Waals surface area contributed by atoms with Gasteiger partial charge >= 0.3 is 7.12 Å². The van der Waals surface area contributed by atoms with Crippen LogP contribution >= 0.6 is 0 Å². The van der Waals surface area contributed by atoms with Crippen LogP contribution in [0.25, 0.3) is 0 Å². The van der Waals surface area contributed by atoms with Gasteiger partial charge in [0.2, 0.25) is 23.6 Å². The lowest BCUT2D eigenvalue weighted by molar-refractivity contribution is -0.134. The van der Waals surface area contributed by atoms with E-state index < -0.39 is 42.9 Å². The fourth-order valence-electron chi connectivity index (χ4n) is 3.34. The summed E-state index contributed by atoms with van der Waals surface area (Å²) in [4.78, 5) is 48.7. The van der Waals surface area contributed by atoms with Gasteiger partial charge in [-0.05, 0) is 31.6 Å². The van der Waals surface area contributed by atoms with E-state index in [0.29, 0.717) is 0 Å². The van der Waals surface area contributed by atoms with Crippen LogP contribution in [0.4, 0.5) is 0 Å². The molecule has 1 saturated carbocycles. The first-order valence-electron chi connectivity index (χ1n) is 10.0. The predicted octanol–water partition coefficient (Wildman–Crippen LogP) is -1.54. The van der Waals surface area contributed by atoms with E-state index in [0.717, 1.165) is 25.7 Å². The van der Waals surface area contributed by atoms with Crippen molar-refractivity contribution in [1.29, 1.82) is 0 Å². The van der Waals surface area contributed by atoms with Crippen molar-refractivity contribution < 1.29 is 29.2 Å². The number of carbonyl (C=O) groups excluding carboxylic acids is 4. The molecule has 10 nitrogen and oxygen atoms in total. The Morgan fingerprint density at radius 2 is 1.55 bits per heavy atom. The van der Waals surface area contributed by atoms with Crippen molar-refractivity contribution in [3.05, 3.63) is 0 Å². The van der Waals surface area contributed by atoms with Crippen LogP contribution in [-0.2, 0) is 19.2 Å². The molecule has 0 bridgehead atoms. The Balaban J connectivity index is 2.69. The summed E-state index contributed by atoms with van der Waals surface area (Å²) in [5, 5.41) is 28.2. The van der Waals surface area contributed by atoms with Gasteiger partial charge in [-0.2, -0.15) is 0 Å². The molecule has 0 radical (unpaired) electrons. The van der Waals surface area contributed by atoms with Crippen LogP contribution in [0.15, 0.2) is 0 Å². The molecule has 0 aromatic rings. The van der Waals surface area contributed by atoms with Gasteiger partial charge in [-0.3, -0.25) is 19.2 Å². The minimum absolute atomic E-state index is 0.0342. The lowest BCUT2D eigenvalue weighted by Gasteiger charge is -2.27. The number of rotatable bonds is 10. The summed E-state index contributed by atoms with van der Waals surface area (Å²) in [7, 11) is -1.71. The maximum absolute atomic E-state index is 12.8. The zero-order chi connectivity index (χ0) is 22.1. The number of hydrogen-bond acceptors (Lipinski definition) is 6. The summed E-state index contributed by atoms with van der Waals surface area (Å²) in [6, 6.07) is -1.58. The van der Waals surface area contributed by atoms with E-state index in [9.17, 15) is 19.2 Å². The predicted molar refractivity (Wildman–Crippen MR) is 107 cm³/mol. The zero-order valence-electron chi connectivity index (χ0n) is 17.5. The lowest BCUT2D eigenvalue weighted by Crippen LogP contribution is -2.57. The summed E-state index contributed by atoms with van der Waals surface area (Å²) in [5.41, 5.74) is 0. The first kappa shape index (κ1) is 24.9. The number of nitrogens with one attached hydrogen (secondary N) is 4. The van der Waals surface area contributed by atoms with Crippen molar-refractivity contribution in [3.8, 4) is 0 Å². The van der Waals surface area contributed by atoms with Gasteiger partial charge in [0.25, 0.3) is 0 Å². The molecule has 0 saturated heterocycles. The highest BCUT2D eigenvalue weighted by Crippen LogP contribution is 2.28. The quantitative estimate of drug-likeness (QED) is 0.239. The minimum atomic E-state index is -1.71. The van der Waals surface area contributed by atoms with Crippen LogP contribution in [0.5, 0.6) is 0 Å². The first-order chi connectivity index (χ1) is 13.5. The molecular formula is C18H33BN4O6. The van der Waals surface area contributed by atoms with Crippen LogP contribution in [0.2, 0.25) is 0 Å². The average Bonchev–Trinajstić information content (AvgIpc) is 3.15. The Morgan fingerprint density at radius 3 is 2.03 bits per heavy atom. The standard InChI is InChI=1S/C18H33BN4O6/c1-10(2)15(17(26)20-9-14(25)21-11(3)19(28)29)23-18(27)16(22-12(4)24)13-7-5-6-8-13/h10-11,13,15-16,28-29H,5-9H2,1-4H3,(H,20,26)(H,21,25)(H,22,24)(H,23,27)/t11-,15-,16-/m0/s1. The molecule has 0 aromatic heterocycles. The van der Waals surface area contributed by atoms with E-state index in [1.807, 2.05) is 0 Å². The average molecular weight is 412 g/mol. The van der Waals surface area contributed by atoms with Gasteiger partial charge in [-0.15, -0.1) is 0 Å². The third-order valence-corrected chi connectivity index (χ3v) is 5.02. The van der Waals surface area contributed by atoms with E-state index in [1.54, 1.807) is 13.8 Å². The third kappa shape index (κ3) is 8.40. The Morgan fingerprint density at radius 1 is 0.966 bits per heavy atom. The number of amides is 4. The van der Waals surface area contributed by atoms with Gasteiger partial charge in [-0.1, -0.05) is 26.7 Å². The molecule has 0 aromatic carbocycles. The van der Waals surface area contributed by atoms with Crippen LogP contribution in [0.1, 0.15) is 53.4 Å². The van der Waals surface area contributed by atoms with Crippen molar-refractivity contribution in [3.63, 3.8) is 0 Å². The van der Waals surface area contributed by atoms with E-state index >= 15 is 0 Å². The van der Waals surface area contributed by atoms with Crippen LogP contribution < -0.4 is 21.3 Å². The molecule has 1 rings (SSSR count). The normalized spacial score (nSPS) is 17.2. The molecule has 1 aliphatic carbocycles. The summed E-state index contributed by atoms with van der Waals surface area (Å²) < 4.78 is 0. The van der Waals surface area contributed by atoms with Crippen molar-refractivity contribution >= 4 is 30.7 Å². The van der Waals surface area contributed by atoms with Gasteiger partial charge in [-0.25, -0.2) is 0 Å². The molecule has 164 valence electrons. The fraction of sp³-hybridized carbons (Fsp3) is 0.778. The maximum atomic E-state index is 12.8. The molecule has 1 aliphatic rings. The van der Waals surface area contributed by atoms with Gasteiger partial charge < -0.3 is 31.3 Å². The highest BCUT2D eigenvalue weighted by atomic mass is 16.4. The summed E-state index contributed by atoms with van der Waals surface area (Å²) >= 11 is 0. The smallest absolute Gasteiger partial charge is 0.426 e. The van der Waals surface area contributed by atoms with Gasteiger partial charge in [0.15, 0.2) is 0 Å². The van der Waals surface area contributed by atoms with Crippen LogP contribution in [0.3, 0.4) is 0 Å². The molecule has 4 amide bonds. The van der Waals surface area contributed by atoms with Crippen molar-refractivity contribution in [2.75, 3.05) is 6.54 Å². The van der Waals surface area contributed by atoms with Gasteiger partial charge in [0.05, 0.1) is 12.5 Å². The largest absolute Gasteiger partial charge is 0.475 e. The Hall–Kier alpha value is -2.14. The van der Waals surface area contributed by atoms with Crippen LogP contribution in [-0.4, -0.2) is 65.4 Å². The number of hydrogen-bond donors (Lipinski definition) is 6. The van der Waals surface area contributed by atoms with Crippen molar-refractivity contribution in [2.45, 2.75) is 71.4 Å². The van der Waals surface area contributed by atoms with Crippen LogP contribution in [0, 0.1) is 11.8 Å². The highest BCUT2D eigenvalue weighted by molar-refractivity contribution is 6.43. The number of carbonyl (C=O) groups is 4. The van der Waals surface area contributed by atoms with Gasteiger partial charge in [0, 0.05) is 6.92 Å². The summed E-state index contributed by atoms with van der Waals surface area (Å²) in [5.74, 6) is -2.94. The SMILES string of the molecule is CC(=O)N[C@H](C(=O)N[C@H](C(=O)NCC(=O)N[C@@H](C)B(O)O)C(C)C)C1CCCC1. The van der Waals surface area contributed by atoms with E-state index in [1.165, 1.54) is 13.8 Å². The van der Waals surface area contributed by atoms with E-state index in [-0.39, 0.29) is 24.3 Å². The molecule has 3 atom stereocenters. The molecule has 0 spiro atoms. The lowest BCUT2D eigenvalue weighted by atomic mass is 9.81. The monoisotopic (exact) mass is 412 g/mol. The highest BCUT2D eigenvalue weighted by Gasteiger charge is 2.34. The zero-order valence-corrected chi connectivity index (χ0v) is 17.5. The molecule has 29 heavy (non-hydrogen) atoms. The van der Waals surface area contributed by atoms with Gasteiger partial charge in [0.1, 0.15) is 12.1 Å². The maximum Gasteiger partial charge on any atom is 0.475 e. The molecule has 6 N–H and O–H groups in total. The molecule has 11 heteroatoms. The topological polar surface area (TPSA) is 157 Å².